The van der Waals surface area contributed by atoms with Gasteiger partial charge in [-0.25, -0.2) is 0 Å². The van der Waals surface area contributed by atoms with Gasteiger partial charge >= 0.3 is 0 Å². The van der Waals surface area contributed by atoms with Gasteiger partial charge < -0.3 is 10.1 Å². The highest BCUT2D eigenvalue weighted by Crippen LogP contribution is 2.28. The quantitative estimate of drug-likeness (QED) is 0.891. The van der Waals surface area contributed by atoms with Crippen molar-refractivity contribution < 1.29 is 4.74 Å². The van der Waals surface area contributed by atoms with E-state index >= 15 is 0 Å². The molecule has 0 radical (unpaired) electrons. The highest BCUT2D eigenvalue weighted by Gasteiger charge is 2.32. The fourth-order valence-corrected chi connectivity index (χ4v) is 3.11. The summed E-state index contributed by atoms with van der Waals surface area (Å²) in [6.45, 7) is 6.62. The Balaban J connectivity index is 1.47. The highest BCUT2D eigenvalue weighted by molar-refractivity contribution is 6.30. The van der Waals surface area contributed by atoms with Crippen LogP contribution in [-0.2, 0) is 18.3 Å². The number of hydrogen-bond acceptors (Lipinski definition) is 4. The Bertz CT molecular complexity index is 472. The van der Waals surface area contributed by atoms with Crippen LogP contribution in [0.2, 0.25) is 5.15 Å². The number of halogens is 1. The summed E-state index contributed by atoms with van der Waals surface area (Å²) in [5, 5.41) is 8.50. The SMILES string of the molecule is Cc1nn(C)c(Cl)c1CNC[C@H]1CN(C2CC2)CCO1. The summed E-state index contributed by atoms with van der Waals surface area (Å²) in [7, 11) is 1.87. The van der Waals surface area contributed by atoms with E-state index in [1.165, 1.54) is 12.8 Å². The van der Waals surface area contributed by atoms with Crippen molar-refractivity contribution >= 4 is 11.6 Å². The first-order valence-electron chi connectivity index (χ1n) is 7.39. The molecular formula is C14H23ClN4O. The summed E-state index contributed by atoms with van der Waals surface area (Å²) in [4.78, 5) is 2.57. The van der Waals surface area contributed by atoms with E-state index in [1.807, 2.05) is 14.0 Å². The molecule has 2 fully saturated rings. The van der Waals surface area contributed by atoms with Crippen molar-refractivity contribution in [3.63, 3.8) is 0 Å². The predicted molar refractivity (Wildman–Crippen MR) is 79.0 cm³/mol. The molecule has 0 amide bonds. The molecule has 1 aliphatic carbocycles. The first kappa shape index (κ1) is 14.3. The third kappa shape index (κ3) is 3.17. The normalized spacial score (nSPS) is 24.2. The topological polar surface area (TPSA) is 42.3 Å². The molecule has 112 valence electrons. The molecule has 1 saturated heterocycles. The van der Waals surface area contributed by atoms with Crippen LogP contribution in [0.25, 0.3) is 0 Å². The Hall–Kier alpha value is -0.620. The van der Waals surface area contributed by atoms with Gasteiger partial charge in [0.05, 0.1) is 18.4 Å². The maximum atomic E-state index is 6.23. The largest absolute Gasteiger partial charge is 0.374 e. The van der Waals surface area contributed by atoms with Gasteiger partial charge in [-0.1, -0.05) is 11.6 Å². The Labute approximate surface area is 125 Å². The molecule has 2 aliphatic rings. The van der Waals surface area contributed by atoms with Crippen LogP contribution in [0, 0.1) is 6.92 Å². The van der Waals surface area contributed by atoms with Gasteiger partial charge in [0.2, 0.25) is 0 Å². The zero-order valence-corrected chi connectivity index (χ0v) is 13.0. The average molecular weight is 299 g/mol. The van der Waals surface area contributed by atoms with Gasteiger partial charge in [-0.3, -0.25) is 9.58 Å². The first-order chi connectivity index (χ1) is 9.65. The zero-order chi connectivity index (χ0) is 14.1. The van der Waals surface area contributed by atoms with Crippen LogP contribution >= 0.6 is 11.6 Å². The fourth-order valence-electron chi connectivity index (χ4n) is 2.87. The lowest BCUT2D eigenvalue weighted by Gasteiger charge is -2.33. The molecule has 5 nitrogen and oxygen atoms in total. The molecule has 0 spiro atoms. The van der Waals surface area contributed by atoms with Gasteiger partial charge in [0.1, 0.15) is 5.15 Å². The first-order valence-corrected chi connectivity index (χ1v) is 7.77. The second-order valence-corrected chi connectivity index (χ2v) is 6.19. The van der Waals surface area contributed by atoms with Gasteiger partial charge in [0.15, 0.2) is 0 Å². The van der Waals surface area contributed by atoms with E-state index in [0.29, 0.717) is 6.10 Å². The summed E-state index contributed by atoms with van der Waals surface area (Å²) >= 11 is 6.23. The van der Waals surface area contributed by atoms with E-state index in [4.69, 9.17) is 16.3 Å². The summed E-state index contributed by atoms with van der Waals surface area (Å²) < 4.78 is 7.55. The number of nitrogens with zero attached hydrogens (tertiary/aromatic N) is 3. The van der Waals surface area contributed by atoms with Crippen molar-refractivity contribution in [2.75, 3.05) is 26.2 Å². The average Bonchev–Trinajstić information content (AvgIpc) is 3.24. The third-order valence-electron chi connectivity index (χ3n) is 4.18. The molecule has 1 aromatic heterocycles. The van der Waals surface area contributed by atoms with Gasteiger partial charge in [0, 0.05) is 44.8 Å². The molecule has 1 atom stereocenters. The number of ether oxygens (including phenoxy) is 1. The van der Waals surface area contributed by atoms with E-state index in [0.717, 1.165) is 55.2 Å². The molecule has 1 N–H and O–H groups in total. The molecule has 2 heterocycles. The van der Waals surface area contributed by atoms with E-state index in [1.54, 1.807) is 4.68 Å². The number of hydrogen-bond donors (Lipinski definition) is 1. The summed E-state index contributed by atoms with van der Waals surface area (Å²) in [6, 6.07) is 0.830. The standard InChI is InChI=1S/C14H23ClN4O/c1-10-13(14(15)18(2)17-10)8-16-7-12-9-19(5-6-20-12)11-3-4-11/h11-12,16H,3-9H2,1-2H3/t12-/m0/s1. The number of aromatic nitrogens is 2. The van der Waals surface area contributed by atoms with Crippen molar-refractivity contribution in [1.29, 1.82) is 0 Å². The second kappa shape index (κ2) is 6.02. The highest BCUT2D eigenvalue weighted by atomic mass is 35.5. The van der Waals surface area contributed by atoms with Gasteiger partial charge in [-0.05, 0) is 19.8 Å². The number of rotatable bonds is 5. The van der Waals surface area contributed by atoms with E-state index in [9.17, 15) is 0 Å². The van der Waals surface area contributed by atoms with Crippen molar-refractivity contribution in [2.45, 2.75) is 38.5 Å². The lowest BCUT2D eigenvalue weighted by Crippen LogP contribution is -2.47. The van der Waals surface area contributed by atoms with Crippen LogP contribution in [0.15, 0.2) is 0 Å². The predicted octanol–water partition coefficient (Wildman–Crippen LogP) is 1.33. The van der Waals surface area contributed by atoms with Crippen LogP contribution in [0.5, 0.6) is 0 Å². The Kier molecular flexibility index (Phi) is 4.31. The smallest absolute Gasteiger partial charge is 0.131 e. The van der Waals surface area contributed by atoms with Crippen molar-refractivity contribution in [3.05, 3.63) is 16.4 Å². The Morgan fingerprint density at radius 1 is 1.45 bits per heavy atom. The van der Waals surface area contributed by atoms with Crippen molar-refractivity contribution in [3.8, 4) is 0 Å². The Morgan fingerprint density at radius 2 is 2.25 bits per heavy atom. The van der Waals surface area contributed by atoms with Gasteiger partial charge in [-0.2, -0.15) is 5.10 Å². The fraction of sp³-hybridized carbons (Fsp3) is 0.786. The maximum Gasteiger partial charge on any atom is 0.131 e. The second-order valence-electron chi connectivity index (χ2n) is 5.83. The monoisotopic (exact) mass is 298 g/mol. The number of nitrogens with one attached hydrogen (secondary N) is 1. The van der Waals surface area contributed by atoms with Crippen molar-refractivity contribution in [1.82, 2.24) is 20.0 Å². The number of morpholine rings is 1. The van der Waals surface area contributed by atoms with Crippen molar-refractivity contribution in [2.24, 2.45) is 7.05 Å². The number of aryl methyl sites for hydroxylation is 2. The molecule has 0 bridgehead atoms. The molecule has 20 heavy (non-hydrogen) atoms. The molecule has 1 aromatic rings. The van der Waals surface area contributed by atoms with Crippen LogP contribution in [0.4, 0.5) is 0 Å². The van der Waals surface area contributed by atoms with Crippen LogP contribution in [-0.4, -0.2) is 53.1 Å². The molecule has 1 aliphatic heterocycles. The van der Waals surface area contributed by atoms with E-state index in [2.05, 4.69) is 15.3 Å². The summed E-state index contributed by atoms with van der Waals surface area (Å²) in [6.07, 6.45) is 3.02. The summed E-state index contributed by atoms with van der Waals surface area (Å²) in [5.74, 6) is 0. The lowest BCUT2D eigenvalue weighted by atomic mass is 10.2. The van der Waals surface area contributed by atoms with Crippen LogP contribution in [0.3, 0.4) is 0 Å². The van der Waals surface area contributed by atoms with Gasteiger partial charge in [0.25, 0.3) is 0 Å². The molecule has 0 aromatic carbocycles. The van der Waals surface area contributed by atoms with E-state index < -0.39 is 0 Å². The molecule has 3 rings (SSSR count). The molecule has 6 heteroatoms. The maximum absolute atomic E-state index is 6.23. The molecule has 0 unspecified atom stereocenters. The zero-order valence-electron chi connectivity index (χ0n) is 12.2. The minimum absolute atomic E-state index is 0.292. The summed E-state index contributed by atoms with van der Waals surface area (Å²) in [5.41, 5.74) is 2.08. The van der Waals surface area contributed by atoms with Crippen LogP contribution < -0.4 is 5.32 Å². The Morgan fingerprint density at radius 3 is 2.90 bits per heavy atom. The van der Waals surface area contributed by atoms with Gasteiger partial charge in [-0.15, -0.1) is 0 Å². The third-order valence-corrected chi connectivity index (χ3v) is 4.65. The van der Waals surface area contributed by atoms with Crippen LogP contribution in [0.1, 0.15) is 24.1 Å². The minimum Gasteiger partial charge on any atom is -0.374 e. The lowest BCUT2D eigenvalue weighted by molar-refractivity contribution is -0.0301. The van der Waals surface area contributed by atoms with E-state index in [-0.39, 0.29) is 0 Å². The minimum atomic E-state index is 0.292. The molecular weight excluding hydrogens is 276 g/mol. The molecule has 1 saturated carbocycles.